The summed E-state index contributed by atoms with van der Waals surface area (Å²) in [6.45, 7) is 6.01. The highest BCUT2D eigenvalue weighted by molar-refractivity contribution is 6.31. The number of carbonyl (C=O) groups is 2. The largest absolute Gasteiger partial charge is 0.326 e. The van der Waals surface area contributed by atoms with Gasteiger partial charge in [-0.25, -0.2) is 9.18 Å². The molecule has 0 unspecified atom stereocenters. The lowest BCUT2D eigenvalue weighted by atomic mass is 10.00. The molecule has 0 aliphatic carbocycles. The van der Waals surface area contributed by atoms with Crippen molar-refractivity contribution in [3.05, 3.63) is 57.4 Å². The van der Waals surface area contributed by atoms with Gasteiger partial charge in [0.1, 0.15) is 5.82 Å². The van der Waals surface area contributed by atoms with E-state index in [9.17, 15) is 14.0 Å². The molecule has 27 heavy (non-hydrogen) atoms. The third kappa shape index (κ3) is 4.22. The third-order valence-electron chi connectivity index (χ3n) is 4.62. The molecule has 2 aromatic carbocycles. The summed E-state index contributed by atoms with van der Waals surface area (Å²) in [5.41, 5.74) is 4.74. The molecule has 0 fully saturated rings. The van der Waals surface area contributed by atoms with Gasteiger partial charge in [-0.1, -0.05) is 11.6 Å². The molecule has 0 aromatic heterocycles. The van der Waals surface area contributed by atoms with Gasteiger partial charge >= 0.3 is 6.03 Å². The maximum Gasteiger partial charge on any atom is 0.322 e. The standard InChI is InChI=1S/C20H21ClFN3O2/c1-11-6-16(7-12(2)19(11)23-13(3)26)24-20(27)25-5-4-17-14(10-25)8-15(22)9-18(17)21/h6-9H,4-5,10H2,1-3H3,(H,23,26)(H,24,27). The smallest absolute Gasteiger partial charge is 0.322 e. The number of anilines is 2. The summed E-state index contributed by atoms with van der Waals surface area (Å²) in [6, 6.07) is 6.09. The Morgan fingerprint density at radius 3 is 2.41 bits per heavy atom. The Bertz CT molecular complexity index is 907. The number of hydrogen-bond donors (Lipinski definition) is 2. The predicted octanol–water partition coefficient (Wildman–Crippen LogP) is 4.64. The molecule has 7 heteroatoms. The van der Waals surface area contributed by atoms with Gasteiger partial charge in [0.05, 0.1) is 0 Å². The van der Waals surface area contributed by atoms with Crippen LogP contribution in [0, 0.1) is 19.7 Å². The number of aryl methyl sites for hydroxylation is 2. The quantitative estimate of drug-likeness (QED) is 0.785. The van der Waals surface area contributed by atoms with E-state index in [1.54, 1.807) is 4.90 Å². The molecule has 3 amide bonds. The van der Waals surface area contributed by atoms with Crippen molar-refractivity contribution in [2.75, 3.05) is 17.2 Å². The van der Waals surface area contributed by atoms with E-state index in [-0.39, 0.29) is 11.9 Å². The molecule has 0 spiro atoms. The van der Waals surface area contributed by atoms with E-state index in [1.807, 2.05) is 26.0 Å². The summed E-state index contributed by atoms with van der Waals surface area (Å²) in [4.78, 5) is 25.6. The molecule has 1 aliphatic heterocycles. The van der Waals surface area contributed by atoms with E-state index in [0.29, 0.717) is 30.2 Å². The maximum atomic E-state index is 13.6. The molecule has 0 bridgehead atoms. The molecular formula is C20H21ClFN3O2. The van der Waals surface area contributed by atoms with Crippen molar-refractivity contribution in [2.45, 2.75) is 33.7 Å². The molecule has 0 atom stereocenters. The van der Waals surface area contributed by atoms with Crippen LogP contribution in [0.5, 0.6) is 0 Å². The fourth-order valence-corrected chi connectivity index (χ4v) is 3.71. The Morgan fingerprint density at radius 2 is 1.78 bits per heavy atom. The van der Waals surface area contributed by atoms with Gasteiger partial charge in [-0.15, -0.1) is 0 Å². The van der Waals surface area contributed by atoms with Gasteiger partial charge in [0.25, 0.3) is 0 Å². The molecule has 1 heterocycles. The molecule has 5 nitrogen and oxygen atoms in total. The summed E-state index contributed by atoms with van der Waals surface area (Å²) >= 11 is 6.10. The van der Waals surface area contributed by atoms with Crippen LogP contribution in [-0.4, -0.2) is 23.4 Å². The Balaban J connectivity index is 1.75. The Kier molecular flexibility index (Phi) is 5.37. The first-order valence-corrected chi connectivity index (χ1v) is 9.04. The summed E-state index contributed by atoms with van der Waals surface area (Å²) in [5.74, 6) is -0.545. The van der Waals surface area contributed by atoms with Crippen molar-refractivity contribution < 1.29 is 14.0 Å². The van der Waals surface area contributed by atoms with Crippen molar-refractivity contribution in [3.8, 4) is 0 Å². The average molecular weight is 390 g/mol. The lowest BCUT2D eigenvalue weighted by molar-refractivity contribution is -0.114. The number of nitrogens with one attached hydrogen (secondary N) is 2. The second kappa shape index (κ2) is 7.56. The van der Waals surface area contributed by atoms with E-state index in [2.05, 4.69) is 10.6 Å². The van der Waals surface area contributed by atoms with Gasteiger partial charge in [-0.3, -0.25) is 4.79 Å². The van der Waals surface area contributed by atoms with Crippen LogP contribution in [0.1, 0.15) is 29.2 Å². The number of amides is 3. The minimum absolute atomic E-state index is 0.143. The summed E-state index contributed by atoms with van der Waals surface area (Å²) in [5, 5.41) is 6.09. The normalized spacial score (nSPS) is 13.1. The fourth-order valence-electron chi connectivity index (χ4n) is 3.39. The first kappa shape index (κ1) is 19.2. The Morgan fingerprint density at radius 1 is 1.11 bits per heavy atom. The number of rotatable bonds is 2. The van der Waals surface area contributed by atoms with Crippen LogP contribution in [-0.2, 0) is 17.8 Å². The Labute approximate surface area is 162 Å². The molecule has 0 saturated carbocycles. The van der Waals surface area contributed by atoms with Crippen LogP contribution < -0.4 is 10.6 Å². The highest BCUT2D eigenvalue weighted by Crippen LogP contribution is 2.29. The van der Waals surface area contributed by atoms with E-state index in [1.165, 1.54) is 19.1 Å². The van der Waals surface area contributed by atoms with Crippen LogP contribution >= 0.6 is 11.6 Å². The number of benzene rings is 2. The second-order valence-electron chi connectivity index (χ2n) is 6.79. The number of fused-ring (bicyclic) bond motifs is 1. The predicted molar refractivity (Wildman–Crippen MR) is 105 cm³/mol. The topological polar surface area (TPSA) is 61.4 Å². The van der Waals surface area contributed by atoms with E-state index < -0.39 is 5.82 Å². The minimum Gasteiger partial charge on any atom is -0.326 e. The molecule has 142 valence electrons. The summed E-state index contributed by atoms with van der Waals surface area (Å²) in [7, 11) is 0. The zero-order valence-electron chi connectivity index (χ0n) is 15.5. The van der Waals surface area contributed by atoms with Gasteiger partial charge in [0, 0.05) is 36.4 Å². The lowest BCUT2D eigenvalue weighted by Gasteiger charge is -2.29. The molecule has 0 radical (unpaired) electrons. The molecule has 3 rings (SSSR count). The van der Waals surface area contributed by atoms with Crippen LogP contribution in [0.25, 0.3) is 0 Å². The molecule has 2 aromatic rings. The first-order chi connectivity index (χ1) is 12.7. The van der Waals surface area contributed by atoms with Gasteiger partial charge < -0.3 is 15.5 Å². The fraction of sp³-hybridized carbons (Fsp3) is 0.300. The van der Waals surface area contributed by atoms with E-state index in [4.69, 9.17) is 11.6 Å². The van der Waals surface area contributed by atoms with Crippen molar-refractivity contribution in [1.29, 1.82) is 0 Å². The van der Waals surface area contributed by atoms with Crippen molar-refractivity contribution in [3.63, 3.8) is 0 Å². The van der Waals surface area contributed by atoms with Gasteiger partial charge in [0.2, 0.25) is 5.91 Å². The van der Waals surface area contributed by atoms with Crippen molar-refractivity contribution in [1.82, 2.24) is 4.90 Å². The highest BCUT2D eigenvalue weighted by Gasteiger charge is 2.23. The summed E-state index contributed by atoms with van der Waals surface area (Å²) < 4.78 is 13.6. The highest BCUT2D eigenvalue weighted by atomic mass is 35.5. The monoisotopic (exact) mass is 389 g/mol. The number of halogens is 2. The third-order valence-corrected chi connectivity index (χ3v) is 4.96. The number of hydrogen-bond acceptors (Lipinski definition) is 2. The Hall–Kier alpha value is -2.60. The number of carbonyl (C=O) groups excluding carboxylic acids is 2. The molecule has 2 N–H and O–H groups in total. The lowest BCUT2D eigenvalue weighted by Crippen LogP contribution is -2.39. The number of urea groups is 1. The van der Waals surface area contributed by atoms with E-state index >= 15 is 0 Å². The van der Waals surface area contributed by atoms with Crippen LogP contribution in [0.15, 0.2) is 24.3 Å². The van der Waals surface area contributed by atoms with Gasteiger partial charge in [-0.05, 0) is 66.8 Å². The number of nitrogens with zero attached hydrogens (tertiary/aromatic N) is 1. The molecule has 1 aliphatic rings. The zero-order valence-corrected chi connectivity index (χ0v) is 16.2. The zero-order chi connectivity index (χ0) is 19.7. The SMILES string of the molecule is CC(=O)Nc1c(C)cc(NC(=O)N2CCc3c(Cl)cc(F)cc3C2)cc1C. The van der Waals surface area contributed by atoms with Crippen LogP contribution in [0.4, 0.5) is 20.6 Å². The maximum absolute atomic E-state index is 13.6. The summed E-state index contributed by atoms with van der Waals surface area (Å²) in [6.07, 6.45) is 0.585. The average Bonchev–Trinajstić information content (AvgIpc) is 2.57. The van der Waals surface area contributed by atoms with Gasteiger partial charge in [-0.2, -0.15) is 0 Å². The van der Waals surface area contributed by atoms with Crippen molar-refractivity contribution >= 4 is 34.9 Å². The molecular weight excluding hydrogens is 369 g/mol. The first-order valence-electron chi connectivity index (χ1n) is 8.66. The van der Waals surface area contributed by atoms with Crippen LogP contribution in [0.2, 0.25) is 5.02 Å². The molecule has 0 saturated heterocycles. The minimum atomic E-state index is -0.402. The van der Waals surface area contributed by atoms with E-state index in [0.717, 1.165) is 27.9 Å². The second-order valence-corrected chi connectivity index (χ2v) is 7.20. The van der Waals surface area contributed by atoms with Crippen LogP contribution in [0.3, 0.4) is 0 Å². The van der Waals surface area contributed by atoms with Gasteiger partial charge in [0.15, 0.2) is 0 Å². The van der Waals surface area contributed by atoms with Crippen molar-refractivity contribution in [2.24, 2.45) is 0 Å².